The number of hydrogen-bond donors (Lipinski definition) is 2. The summed E-state index contributed by atoms with van der Waals surface area (Å²) in [5, 5.41) is 5.67. The van der Waals surface area contributed by atoms with Crippen LogP contribution in [0.4, 0.5) is 16.2 Å². The summed E-state index contributed by atoms with van der Waals surface area (Å²) < 4.78 is 0. The van der Waals surface area contributed by atoms with Gasteiger partial charge in [0, 0.05) is 44.1 Å². The Kier molecular flexibility index (Phi) is 7.18. The maximum absolute atomic E-state index is 12.0. The predicted octanol–water partition coefficient (Wildman–Crippen LogP) is 2.50. The molecule has 0 saturated carbocycles. The molecule has 1 aliphatic heterocycles. The summed E-state index contributed by atoms with van der Waals surface area (Å²) in [5.41, 5.74) is 1.82. The van der Waals surface area contributed by atoms with Crippen molar-refractivity contribution in [3.8, 4) is 0 Å². The fourth-order valence-electron chi connectivity index (χ4n) is 2.60. The lowest BCUT2D eigenvalue weighted by Crippen LogP contribution is -2.52. The van der Waals surface area contributed by atoms with Crippen molar-refractivity contribution in [2.45, 2.75) is 19.8 Å². The van der Waals surface area contributed by atoms with Gasteiger partial charge in [0.1, 0.15) is 5.88 Å². The molecule has 0 aliphatic carbocycles. The molecule has 0 atom stereocenters. The third kappa shape index (κ3) is 5.30. The van der Waals surface area contributed by atoms with Crippen LogP contribution in [0, 0.1) is 0 Å². The van der Waals surface area contributed by atoms with Crippen LogP contribution in [0.5, 0.6) is 0 Å². The smallest absolute Gasteiger partial charge is 0.317 e. The van der Waals surface area contributed by atoms with E-state index in [4.69, 9.17) is 11.6 Å². The first-order valence-electron chi connectivity index (χ1n) is 8.37. The quantitative estimate of drug-likeness (QED) is 0.610. The van der Waals surface area contributed by atoms with Crippen molar-refractivity contribution in [1.82, 2.24) is 10.2 Å². The van der Waals surface area contributed by atoms with E-state index in [-0.39, 0.29) is 17.8 Å². The summed E-state index contributed by atoms with van der Waals surface area (Å²) in [7, 11) is 0. The van der Waals surface area contributed by atoms with Crippen molar-refractivity contribution >= 4 is 34.9 Å². The molecule has 1 saturated heterocycles. The van der Waals surface area contributed by atoms with Crippen LogP contribution in [0.15, 0.2) is 24.3 Å². The van der Waals surface area contributed by atoms with E-state index >= 15 is 0 Å². The van der Waals surface area contributed by atoms with E-state index in [0.29, 0.717) is 13.1 Å². The zero-order chi connectivity index (χ0) is 17.4. The summed E-state index contributed by atoms with van der Waals surface area (Å²) in [6.45, 7) is 5.87. The van der Waals surface area contributed by atoms with E-state index in [1.165, 1.54) is 0 Å². The lowest BCUT2D eigenvalue weighted by molar-refractivity contribution is -0.113. The van der Waals surface area contributed by atoms with Crippen LogP contribution in [-0.4, -0.2) is 55.4 Å². The van der Waals surface area contributed by atoms with Gasteiger partial charge in [0.2, 0.25) is 5.91 Å². The monoisotopic (exact) mass is 352 g/mol. The Labute approximate surface area is 148 Å². The van der Waals surface area contributed by atoms with E-state index in [1.54, 1.807) is 0 Å². The second-order valence-corrected chi connectivity index (χ2v) is 6.06. The minimum Gasteiger partial charge on any atom is -0.368 e. The molecule has 132 valence electrons. The van der Waals surface area contributed by atoms with Crippen LogP contribution >= 0.6 is 11.6 Å². The fraction of sp³-hybridized carbons (Fsp3) is 0.529. The van der Waals surface area contributed by atoms with E-state index in [9.17, 15) is 9.59 Å². The number of urea groups is 1. The van der Waals surface area contributed by atoms with E-state index < -0.39 is 0 Å². The largest absolute Gasteiger partial charge is 0.368 e. The molecule has 1 aliphatic rings. The Morgan fingerprint density at radius 2 is 1.79 bits per heavy atom. The summed E-state index contributed by atoms with van der Waals surface area (Å²) >= 11 is 5.48. The van der Waals surface area contributed by atoms with Crippen LogP contribution in [0.3, 0.4) is 0 Å². The lowest BCUT2D eigenvalue weighted by atomic mass is 10.2. The van der Waals surface area contributed by atoms with Crippen molar-refractivity contribution in [1.29, 1.82) is 0 Å². The maximum atomic E-state index is 12.0. The highest BCUT2D eigenvalue weighted by Crippen LogP contribution is 2.19. The van der Waals surface area contributed by atoms with Crippen LogP contribution in [0.25, 0.3) is 0 Å². The fourth-order valence-corrected chi connectivity index (χ4v) is 2.67. The van der Waals surface area contributed by atoms with Crippen molar-refractivity contribution in [2.75, 3.05) is 48.8 Å². The molecule has 1 aromatic rings. The van der Waals surface area contributed by atoms with Gasteiger partial charge < -0.3 is 20.4 Å². The first-order chi connectivity index (χ1) is 11.6. The third-order valence-corrected chi connectivity index (χ3v) is 4.25. The zero-order valence-corrected chi connectivity index (χ0v) is 14.8. The molecule has 24 heavy (non-hydrogen) atoms. The molecule has 0 bridgehead atoms. The average molecular weight is 353 g/mol. The number of benzene rings is 1. The average Bonchev–Trinajstić information content (AvgIpc) is 2.62. The number of piperazine rings is 1. The Balaban J connectivity index is 1.81. The molecule has 2 rings (SSSR count). The van der Waals surface area contributed by atoms with Crippen molar-refractivity contribution in [3.63, 3.8) is 0 Å². The molecular formula is C17H25ClN4O2. The number of anilines is 2. The number of unbranched alkanes of at least 4 members (excludes halogenated alkanes) is 1. The first-order valence-corrected chi connectivity index (χ1v) is 8.91. The minimum absolute atomic E-state index is 0.0298. The Morgan fingerprint density at radius 3 is 2.38 bits per heavy atom. The van der Waals surface area contributed by atoms with E-state index in [1.807, 2.05) is 29.2 Å². The van der Waals surface area contributed by atoms with Crippen LogP contribution in [0.2, 0.25) is 0 Å². The van der Waals surface area contributed by atoms with Crippen molar-refractivity contribution < 1.29 is 9.59 Å². The first kappa shape index (κ1) is 18.4. The number of alkyl halides is 1. The van der Waals surface area contributed by atoms with Gasteiger partial charge in [0.25, 0.3) is 0 Å². The Hall–Kier alpha value is -1.95. The van der Waals surface area contributed by atoms with Crippen LogP contribution < -0.4 is 15.5 Å². The number of nitrogens with zero attached hydrogens (tertiary/aromatic N) is 2. The molecule has 7 heteroatoms. The highest BCUT2D eigenvalue weighted by atomic mass is 35.5. The van der Waals surface area contributed by atoms with Gasteiger partial charge in [0.15, 0.2) is 0 Å². The molecule has 0 spiro atoms. The van der Waals surface area contributed by atoms with Crippen molar-refractivity contribution in [3.05, 3.63) is 24.3 Å². The molecule has 1 heterocycles. The topological polar surface area (TPSA) is 64.7 Å². The number of carbonyl (C=O) groups is 2. The second-order valence-electron chi connectivity index (χ2n) is 5.79. The molecule has 0 radical (unpaired) electrons. The molecule has 1 aromatic carbocycles. The van der Waals surface area contributed by atoms with Crippen LogP contribution in [0.1, 0.15) is 19.8 Å². The summed E-state index contributed by atoms with van der Waals surface area (Å²) in [6.07, 6.45) is 2.09. The molecule has 0 unspecified atom stereocenters. The molecule has 2 N–H and O–H groups in total. The van der Waals surface area contributed by atoms with Gasteiger partial charge in [-0.15, -0.1) is 11.6 Å². The third-order valence-electron chi connectivity index (χ3n) is 4.01. The number of amides is 3. The molecule has 6 nitrogen and oxygen atoms in total. The summed E-state index contributed by atoms with van der Waals surface area (Å²) in [6, 6.07) is 7.71. The van der Waals surface area contributed by atoms with E-state index in [2.05, 4.69) is 22.5 Å². The second kappa shape index (κ2) is 9.37. The number of hydrogen-bond acceptors (Lipinski definition) is 3. The number of carbonyl (C=O) groups excluding carboxylic acids is 2. The van der Waals surface area contributed by atoms with Gasteiger partial charge in [0.05, 0.1) is 0 Å². The predicted molar refractivity (Wildman–Crippen MR) is 97.9 cm³/mol. The summed E-state index contributed by atoms with van der Waals surface area (Å²) in [4.78, 5) is 27.4. The van der Waals surface area contributed by atoms with Crippen LogP contribution in [-0.2, 0) is 4.79 Å². The van der Waals surface area contributed by atoms with Gasteiger partial charge in [-0.25, -0.2) is 4.79 Å². The molecular weight excluding hydrogens is 328 g/mol. The van der Waals surface area contributed by atoms with E-state index in [0.717, 1.165) is 43.9 Å². The molecule has 1 fully saturated rings. The molecule has 0 aromatic heterocycles. The number of rotatable bonds is 6. The maximum Gasteiger partial charge on any atom is 0.317 e. The standard InChI is InChI=1S/C17H25ClN4O2/c1-2-3-8-19-17(24)22-11-9-21(10-12-22)15-6-4-14(5-7-15)20-16(23)13-18/h4-7H,2-3,8-13H2,1H3,(H,19,24)(H,20,23). The van der Waals surface area contributed by atoms with Gasteiger partial charge in [-0.2, -0.15) is 0 Å². The van der Waals surface area contributed by atoms with Gasteiger partial charge in [-0.3, -0.25) is 4.79 Å². The van der Waals surface area contributed by atoms with Gasteiger partial charge in [-0.1, -0.05) is 13.3 Å². The van der Waals surface area contributed by atoms with Crippen molar-refractivity contribution in [2.24, 2.45) is 0 Å². The zero-order valence-electron chi connectivity index (χ0n) is 14.1. The normalized spacial score (nSPS) is 14.4. The highest BCUT2D eigenvalue weighted by Gasteiger charge is 2.20. The van der Waals surface area contributed by atoms with Gasteiger partial charge in [-0.05, 0) is 30.7 Å². The Bertz CT molecular complexity index is 542. The minimum atomic E-state index is -0.216. The number of halogens is 1. The number of nitrogens with one attached hydrogen (secondary N) is 2. The highest BCUT2D eigenvalue weighted by molar-refractivity contribution is 6.29. The molecule has 3 amide bonds. The SMILES string of the molecule is CCCCNC(=O)N1CCN(c2ccc(NC(=O)CCl)cc2)CC1. The Morgan fingerprint density at radius 1 is 1.12 bits per heavy atom. The summed E-state index contributed by atoms with van der Waals surface area (Å²) in [5.74, 6) is -0.267. The lowest BCUT2D eigenvalue weighted by Gasteiger charge is -2.36. The van der Waals surface area contributed by atoms with Gasteiger partial charge >= 0.3 is 6.03 Å².